The lowest BCUT2D eigenvalue weighted by molar-refractivity contribution is 0.260. The predicted octanol–water partition coefficient (Wildman–Crippen LogP) is -0.0843. The van der Waals surface area contributed by atoms with Gasteiger partial charge in [-0.2, -0.15) is 0 Å². The summed E-state index contributed by atoms with van der Waals surface area (Å²) in [6.07, 6.45) is 4.94. The minimum atomic E-state index is -0.265. The normalized spacial score (nSPS) is 31.4. The maximum absolute atomic E-state index is 11.5. The van der Waals surface area contributed by atoms with Crippen LogP contribution in [0.4, 0.5) is 11.5 Å². The van der Waals surface area contributed by atoms with Gasteiger partial charge in [0.25, 0.3) is 5.56 Å². The summed E-state index contributed by atoms with van der Waals surface area (Å²) in [6, 6.07) is 0.275. The SMILES string of the molecule is Nc1c(N2CC3CCCC(N)C3C2)nc[nH]c1=O. The van der Waals surface area contributed by atoms with Gasteiger partial charge in [-0.3, -0.25) is 4.79 Å². The van der Waals surface area contributed by atoms with E-state index < -0.39 is 0 Å². The van der Waals surface area contributed by atoms with Crippen molar-refractivity contribution < 1.29 is 0 Å². The lowest BCUT2D eigenvalue weighted by atomic mass is 9.78. The molecule has 2 heterocycles. The lowest BCUT2D eigenvalue weighted by Gasteiger charge is -2.29. The Bertz CT molecular complexity index is 499. The minimum absolute atomic E-state index is 0.213. The van der Waals surface area contributed by atoms with Gasteiger partial charge in [-0.1, -0.05) is 6.42 Å². The molecular formula is C12H19N5O. The third kappa shape index (κ3) is 1.77. The van der Waals surface area contributed by atoms with Crippen molar-refractivity contribution in [2.45, 2.75) is 25.3 Å². The maximum Gasteiger partial charge on any atom is 0.276 e. The van der Waals surface area contributed by atoms with Crippen LogP contribution in [0, 0.1) is 11.8 Å². The number of fused-ring (bicyclic) bond motifs is 1. The highest BCUT2D eigenvalue weighted by Crippen LogP contribution is 2.37. The van der Waals surface area contributed by atoms with Crippen LogP contribution in [-0.4, -0.2) is 29.1 Å². The average molecular weight is 249 g/mol. The van der Waals surface area contributed by atoms with E-state index in [0.29, 0.717) is 17.7 Å². The van der Waals surface area contributed by atoms with Gasteiger partial charge in [0.15, 0.2) is 5.82 Å². The van der Waals surface area contributed by atoms with Crippen molar-refractivity contribution in [1.82, 2.24) is 9.97 Å². The van der Waals surface area contributed by atoms with E-state index in [0.717, 1.165) is 19.5 Å². The van der Waals surface area contributed by atoms with Gasteiger partial charge in [0, 0.05) is 19.1 Å². The van der Waals surface area contributed by atoms with E-state index in [4.69, 9.17) is 11.5 Å². The topological polar surface area (TPSA) is 101 Å². The second-order valence-corrected chi connectivity index (χ2v) is 5.39. The number of aromatic amines is 1. The van der Waals surface area contributed by atoms with E-state index in [2.05, 4.69) is 14.9 Å². The van der Waals surface area contributed by atoms with Crippen molar-refractivity contribution in [2.75, 3.05) is 23.7 Å². The Labute approximate surface area is 105 Å². The van der Waals surface area contributed by atoms with Crippen LogP contribution < -0.4 is 21.9 Å². The molecule has 1 aromatic rings. The molecule has 3 unspecified atom stereocenters. The molecule has 98 valence electrons. The van der Waals surface area contributed by atoms with Gasteiger partial charge in [-0.25, -0.2) is 4.98 Å². The summed E-state index contributed by atoms with van der Waals surface area (Å²) >= 11 is 0. The fourth-order valence-corrected chi connectivity index (χ4v) is 3.34. The Morgan fingerprint density at radius 1 is 1.39 bits per heavy atom. The number of nitrogens with two attached hydrogens (primary N) is 2. The van der Waals surface area contributed by atoms with Crippen molar-refractivity contribution in [3.8, 4) is 0 Å². The fourth-order valence-electron chi connectivity index (χ4n) is 3.34. The predicted molar refractivity (Wildman–Crippen MR) is 70.3 cm³/mol. The molecule has 6 nitrogen and oxygen atoms in total. The number of aromatic nitrogens is 2. The number of anilines is 2. The molecule has 0 bridgehead atoms. The van der Waals surface area contributed by atoms with Gasteiger partial charge in [-0.05, 0) is 24.7 Å². The van der Waals surface area contributed by atoms with Crippen molar-refractivity contribution >= 4 is 11.5 Å². The zero-order valence-electron chi connectivity index (χ0n) is 10.3. The van der Waals surface area contributed by atoms with E-state index in [1.807, 2.05) is 0 Å². The third-order valence-electron chi connectivity index (χ3n) is 4.32. The number of rotatable bonds is 1. The van der Waals surface area contributed by atoms with Crippen LogP contribution in [0.5, 0.6) is 0 Å². The van der Waals surface area contributed by atoms with Crippen molar-refractivity contribution in [2.24, 2.45) is 17.6 Å². The summed E-state index contributed by atoms with van der Waals surface area (Å²) in [5, 5.41) is 0. The molecule has 1 saturated heterocycles. The smallest absolute Gasteiger partial charge is 0.276 e. The van der Waals surface area contributed by atoms with Gasteiger partial charge >= 0.3 is 0 Å². The largest absolute Gasteiger partial charge is 0.391 e. The van der Waals surface area contributed by atoms with Crippen LogP contribution in [0.15, 0.2) is 11.1 Å². The third-order valence-corrected chi connectivity index (χ3v) is 4.32. The molecule has 0 amide bonds. The van der Waals surface area contributed by atoms with Crippen molar-refractivity contribution in [3.05, 3.63) is 16.7 Å². The Morgan fingerprint density at radius 2 is 2.22 bits per heavy atom. The highest BCUT2D eigenvalue weighted by Gasteiger charge is 2.39. The van der Waals surface area contributed by atoms with Crippen molar-refractivity contribution in [1.29, 1.82) is 0 Å². The van der Waals surface area contributed by atoms with E-state index in [1.54, 1.807) is 0 Å². The number of nitrogen functional groups attached to an aromatic ring is 1. The van der Waals surface area contributed by atoms with Gasteiger partial charge in [0.05, 0.1) is 6.33 Å². The molecule has 3 atom stereocenters. The average Bonchev–Trinajstić information content (AvgIpc) is 2.78. The van der Waals surface area contributed by atoms with E-state index in [-0.39, 0.29) is 17.3 Å². The lowest BCUT2D eigenvalue weighted by Crippen LogP contribution is -2.38. The van der Waals surface area contributed by atoms with Crippen LogP contribution in [0.3, 0.4) is 0 Å². The first kappa shape index (κ1) is 11.5. The van der Waals surface area contributed by atoms with Gasteiger partial charge in [0.1, 0.15) is 5.69 Å². The van der Waals surface area contributed by atoms with Crippen LogP contribution in [0.1, 0.15) is 19.3 Å². The zero-order chi connectivity index (χ0) is 12.7. The summed E-state index contributed by atoms with van der Waals surface area (Å²) in [6.45, 7) is 1.78. The molecule has 1 aliphatic heterocycles. The molecule has 3 rings (SSSR count). The highest BCUT2D eigenvalue weighted by atomic mass is 16.1. The van der Waals surface area contributed by atoms with Crippen LogP contribution >= 0.6 is 0 Å². The van der Waals surface area contributed by atoms with Crippen LogP contribution in [0.2, 0.25) is 0 Å². The second kappa shape index (κ2) is 4.28. The summed E-state index contributed by atoms with van der Waals surface area (Å²) in [4.78, 5) is 20.3. The number of nitrogens with zero attached hydrogens (tertiary/aromatic N) is 2. The zero-order valence-corrected chi connectivity index (χ0v) is 10.3. The molecule has 0 aromatic carbocycles. The van der Waals surface area contributed by atoms with E-state index in [9.17, 15) is 4.79 Å². The number of hydrogen-bond donors (Lipinski definition) is 3. The summed E-state index contributed by atoms with van der Waals surface area (Å²) < 4.78 is 0. The molecule has 5 N–H and O–H groups in total. The summed E-state index contributed by atoms with van der Waals surface area (Å²) in [7, 11) is 0. The number of nitrogens with one attached hydrogen (secondary N) is 1. The standard InChI is InChI=1S/C12H19N5O/c13-9-3-1-2-7-4-17(5-8(7)9)11-10(14)12(18)16-6-15-11/h6-9H,1-5,13-14H2,(H,15,16,18). The van der Waals surface area contributed by atoms with Gasteiger partial charge in [-0.15, -0.1) is 0 Å². The second-order valence-electron chi connectivity index (χ2n) is 5.39. The monoisotopic (exact) mass is 249 g/mol. The molecule has 2 fully saturated rings. The van der Waals surface area contributed by atoms with Crippen LogP contribution in [-0.2, 0) is 0 Å². The Hall–Kier alpha value is -1.56. The Balaban J connectivity index is 1.87. The molecule has 0 spiro atoms. The molecule has 1 aromatic heterocycles. The van der Waals surface area contributed by atoms with Gasteiger partial charge < -0.3 is 21.4 Å². The molecule has 0 radical (unpaired) electrons. The molecule has 2 aliphatic rings. The summed E-state index contributed by atoms with van der Waals surface area (Å²) in [5.74, 6) is 1.74. The fraction of sp³-hybridized carbons (Fsp3) is 0.667. The molecular weight excluding hydrogens is 230 g/mol. The highest BCUT2D eigenvalue weighted by molar-refractivity contribution is 5.61. The first-order valence-electron chi connectivity index (χ1n) is 6.50. The molecule has 6 heteroatoms. The molecule has 1 saturated carbocycles. The Morgan fingerprint density at radius 3 is 3.00 bits per heavy atom. The number of H-pyrrole nitrogens is 1. The summed E-state index contributed by atoms with van der Waals surface area (Å²) in [5.41, 5.74) is 11.9. The first-order chi connectivity index (χ1) is 8.66. The quantitative estimate of drug-likeness (QED) is 0.646. The maximum atomic E-state index is 11.5. The van der Waals surface area contributed by atoms with Crippen LogP contribution in [0.25, 0.3) is 0 Å². The van der Waals surface area contributed by atoms with E-state index >= 15 is 0 Å². The van der Waals surface area contributed by atoms with Gasteiger partial charge in [0.2, 0.25) is 0 Å². The number of hydrogen-bond acceptors (Lipinski definition) is 5. The first-order valence-corrected chi connectivity index (χ1v) is 6.50. The van der Waals surface area contributed by atoms with Crippen molar-refractivity contribution in [3.63, 3.8) is 0 Å². The molecule has 1 aliphatic carbocycles. The minimum Gasteiger partial charge on any atom is -0.391 e. The van der Waals surface area contributed by atoms with E-state index in [1.165, 1.54) is 19.2 Å². The Kier molecular flexibility index (Phi) is 2.74. The molecule has 18 heavy (non-hydrogen) atoms.